The summed E-state index contributed by atoms with van der Waals surface area (Å²) in [6.07, 6.45) is 1.89. The number of nitrogens with two attached hydrogens (primary N) is 1. The van der Waals surface area contributed by atoms with Crippen LogP contribution in [0.3, 0.4) is 0 Å². The molecule has 0 unspecified atom stereocenters. The lowest BCUT2D eigenvalue weighted by molar-refractivity contribution is 0.321. The Morgan fingerprint density at radius 2 is 2.06 bits per heavy atom. The summed E-state index contributed by atoms with van der Waals surface area (Å²) < 4.78 is 5.69. The van der Waals surface area contributed by atoms with Crippen molar-refractivity contribution >= 4 is 11.3 Å². The van der Waals surface area contributed by atoms with Gasteiger partial charge >= 0.3 is 0 Å². The Kier molecular flexibility index (Phi) is 4.73. The molecule has 18 heavy (non-hydrogen) atoms. The molecule has 0 aliphatic heterocycles. The molecule has 0 amide bonds. The number of aromatic nitrogens is 1. The molecule has 1 aromatic heterocycles. The van der Waals surface area contributed by atoms with Gasteiger partial charge in [-0.15, -0.1) is 11.3 Å². The summed E-state index contributed by atoms with van der Waals surface area (Å²) in [6, 6.07) is 8.24. The quantitative estimate of drug-likeness (QED) is 0.871. The zero-order valence-electron chi connectivity index (χ0n) is 10.6. The number of rotatable bonds is 6. The molecular formula is C14H18N2OS. The summed E-state index contributed by atoms with van der Waals surface area (Å²) >= 11 is 1.64. The van der Waals surface area contributed by atoms with Gasteiger partial charge in [0, 0.05) is 18.3 Å². The van der Waals surface area contributed by atoms with Gasteiger partial charge in [-0.2, -0.15) is 0 Å². The molecule has 0 bridgehead atoms. The van der Waals surface area contributed by atoms with Crippen LogP contribution in [-0.4, -0.2) is 11.6 Å². The van der Waals surface area contributed by atoms with Crippen molar-refractivity contribution in [3.63, 3.8) is 0 Å². The van der Waals surface area contributed by atoms with Gasteiger partial charge in [-0.1, -0.05) is 19.1 Å². The average Bonchev–Trinajstić information content (AvgIpc) is 2.87. The van der Waals surface area contributed by atoms with E-state index in [4.69, 9.17) is 10.5 Å². The monoisotopic (exact) mass is 262 g/mol. The molecule has 0 spiro atoms. The Morgan fingerprint density at radius 3 is 2.67 bits per heavy atom. The van der Waals surface area contributed by atoms with Crippen molar-refractivity contribution in [2.75, 3.05) is 6.61 Å². The van der Waals surface area contributed by atoms with Crippen LogP contribution in [0.25, 0.3) is 0 Å². The first kappa shape index (κ1) is 13.1. The highest BCUT2D eigenvalue weighted by molar-refractivity contribution is 7.09. The second-order valence-electron chi connectivity index (χ2n) is 4.03. The highest BCUT2D eigenvalue weighted by Crippen LogP contribution is 2.14. The van der Waals surface area contributed by atoms with E-state index < -0.39 is 0 Å². The number of nitrogens with zero attached hydrogens (tertiary/aromatic N) is 1. The Bertz CT molecular complexity index is 479. The topological polar surface area (TPSA) is 48.1 Å². The summed E-state index contributed by atoms with van der Waals surface area (Å²) in [6.45, 7) is 3.31. The van der Waals surface area contributed by atoms with Crippen LogP contribution in [0.4, 0.5) is 0 Å². The van der Waals surface area contributed by atoms with Gasteiger partial charge in [0.25, 0.3) is 0 Å². The van der Waals surface area contributed by atoms with Gasteiger partial charge < -0.3 is 10.5 Å². The summed E-state index contributed by atoms with van der Waals surface area (Å²) in [5, 5.41) is 3.09. The molecule has 1 heterocycles. The van der Waals surface area contributed by atoms with Crippen molar-refractivity contribution in [1.29, 1.82) is 0 Å². The molecular weight excluding hydrogens is 244 g/mol. The third-order valence-electron chi connectivity index (χ3n) is 2.72. The molecule has 0 saturated heterocycles. The predicted molar refractivity (Wildman–Crippen MR) is 75.0 cm³/mol. The Hall–Kier alpha value is -1.39. The molecule has 0 radical (unpaired) electrons. The fourth-order valence-corrected chi connectivity index (χ4v) is 2.43. The maximum atomic E-state index is 5.69. The van der Waals surface area contributed by atoms with E-state index in [2.05, 4.69) is 24.0 Å². The molecule has 0 fully saturated rings. The van der Waals surface area contributed by atoms with Gasteiger partial charge in [-0.25, -0.2) is 4.98 Å². The second kappa shape index (κ2) is 6.52. The molecule has 2 rings (SSSR count). The van der Waals surface area contributed by atoms with Gasteiger partial charge in [-0.05, 0) is 24.1 Å². The number of hydrogen-bond donors (Lipinski definition) is 1. The van der Waals surface area contributed by atoms with E-state index in [1.165, 1.54) is 5.56 Å². The summed E-state index contributed by atoms with van der Waals surface area (Å²) in [5.74, 6) is 0.919. The van der Waals surface area contributed by atoms with Crippen molar-refractivity contribution in [2.45, 2.75) is 26.3 Å². The van der Waals surface area contributed by atoms with Crippen LogP contribution >= 0.6 is 11.3 Å². The smallest absolute Gasteiger partial charge is 0.119 e. The maximum Gasteiger partial charge on any atom is 0.119 e. The van der Waals surface area contributed by atoms with Crippen LogP contribution in [0, 0.1) is 0 Å². The number of ether oxygens (including phenoxy) is 1. The fraction of sp³-hybridized carbons (Fsp3) is 0.357. The number of benzene rings is 1. The van der Waals surface area contributed by atoms with Gasteiger partial charge in [0.1, 0.15) is 5.75 Å². The van der Waals surface area contributed by atoms with E-state index in [-0.39, 0.29) is 0 Å². The SMILES string of the molecule is CCc1ccc(OCCc2nc(CN)cs2)cc1. The molecule has 2 aromatic rings. The average molecular weight is 262 g/mol. The van der Waals surface area contributed by atoms with Crippen LogP contribution in [0.15, 0.2) is 29.6 Å². The highest BCUT2D eigenvalue weighted by Gasteiger charge is 2.01. The zero-order valence-corrected chi connectivity index (χ0v) is 11.4. The van der Waals surface area contributed by atoms with Gasteiger partial charge in [-0.3, -0.25) is 0 Å². The lowest BCUT2D eigenvalue weighted by atomic mass is 10.2. The van der Waals surface area contributed by atoms with E-state index in [9.17, 15) is 0 Å². The number of aryl methyl sites for hydroxylation is 1. The zero-order chi connectivity index (χ0) is 12.8. The highest BCUT2D eigenvalue weighted by atomic mass is 32.1. The minimum atomic E-state index is 0.510. The van der Waals surface area contributed by atoms with Crippen molar-refractivity contribution in [1.82, 2.24) is 4.98 Å². The van der Waals surface area contributed by atoms with Crippen LogP contribution in [0.1, 0.15) is 23.2 Å². The van der Waals surface area contributed by atoms with Gasteiger partial charge in [0.15, 0.2) is 0 Å². The van der Waals surface area contributed by atoms with E-state index in [0.717, 1.165) is 29.3 Å². The predicted octanol–water partition coefficient (Wildman–Crippen LogP) is 2.79. The van der Waals surface area contributed by atoms with E-state index in [1.54, 1.807) is 11.3 Å². The summed E-state index contributed by atoms with van der Waals surface area (Å²) in [4.78, 5) is 4.40. The summed E-state index contributed by atoms with van der Waals surface area (Å²) in [5.41, 5.74) is 7.81. The molecule has 2 N–H and O–H groups in total. The van der Waals surface area contributed by atoms with E-state index in [0.29, 0.717) is 13.2 Å². The normalized spacial score (nSPS) is 10.6. The minimum Gasteiger partial charge on any atom is -0.493 e. The molecule has 1 aromatic carbocycles. The molecule has 0 atom stereocenters. The van der Waals surface area contributed by atoms with E-state index >= 15 is 0 Å². The molecule has 0 aliphatic rings. The van der Waals surface area contributed by atoms with Crippen molar-refractivity contribution in [2.24, 2.45) is 5.73 Å². The molecule has 4 heteroatoms. The molecule has 96 valence electrons. The lowest BCUT2D eigenvalue weighted by Gasteiger charge is -2.05. The standard InChI is InChI=1S/C14H18N2OS/c1-2-11-3-5-13(6-4-11)17-8-7-14-16-12(9-15)10-18-14/h3-6,10H,2,7-9,15H2,1H3. The minimum absolute atomic E-state index is 0.510. The van der Waals surface area contributed by atoms with Crippen LogP contribution < -0.4 is 10.5 Å². The lowest BCUT2D eigenvalue weighted by Crippen LogP contribution is -2.02. The Morgan fingerprint density at radius 1 is 1.28 bits per heavy atom. The first-order chi connectivity index (χ1) is 8.81. The fourth-order valence-electron chi connectivity index (χ4n) is 1.64. The van der Waals surface area contributed by atoms with Gasteiger partial charge in [0.2, 0.25) is 0 Å². The molecule has 0 aliphatic carbocycles. The molecule has 0 saturated carbocycles. The van der Waals surface area contributed by atoms with Gasteiger partial charge in [0.05, 0.1) is 17.3 Å². The summed E-state index contributed by atoms with van der Waals surface area (Å²) in [7, 11) is 0. The number of thiazole rings is 1. The first-order valence-electron chi connectivity index (χ1n) is 6.17. The third kappa shape index (κ3) is 3.55. The van der Waals surface area contributed by atoms with Crippen LogP contribution in [-0.2, 0) is 19.4 Å². The number of hydrogen-bond acceptors (Lipinski definition) is 4. The van der Waals surface area contributed by atoms with Crippen LogP contribution in [0.2, 0.25) is 0 Å². The van der Waals surface area contributed by atoms with Crippen LogP contribution in [0.5, 0.6) is 5.75 Å². The van der Waals surface area contributed by atoms with Crippen molar-refractivity contribution in [3.05, 3.63) is 45.9 Å². The third-order valence-corrected chi connectivity index (χ3v) is 3.68. The van der Waals surface area contributed by atoms with E-state index in [1.807, 2.05) is 17.5 Å². The van der Waals surface area contributed by atoms with Crippen molar-refractivity contribution < 1.29 is 4.74 Å². The Balaban J connectivity index is 1.80. The maximum absolute atomic E-state index is 5.69. The largest absolute Gasteiger partial charge is 0.493 e. The Labute approximate surface area is 112 Å². The van der Waals surface area contributed by atoms with Crippen molar-refractivity contribution in [3.8, 4) is 5.75 Å². The first-order valence-corrected chi connectivity index (χ1v) is 7.05. The molecule has 3 nitrogen and oxygen atoms in total. The second-order valence-corrected chi connectivity index (χ2v) is 4.98.